The van der Waals surface area contributed by atoms with Crippen LogP contribution < -0.4 is 10.2 Å². The summed E-state index contributed by atoms with van der Waals surface area (Å²) in [6.07, 6.45) is 13.3. The van der Waals surface area contributed by atoms with E-state index < -0.39 is 0 Å². The highest BCUT2D eigenvalue weighted by molar-refractivity contribution is 7.20. The topological polar surface area (TPSA) is 48.7 Å². The average molecular weight is 499 g/mol. The van der Waals surface area contributed by atoms with Gasteiger partial charge in [-0.15, -0.1) is 5.10 Å². The fraction of sp³-hybridized carbons (Fsp3) is 0.615. The summed E-state index contributed by atoms with van der Waals surface area (Å²) in [6.45, 7) is 4.40. The van der Waals surface area contributed by atoms with Crippen LogP contribution in [0.15, 0.2) is 24.3 Å². The van der Waals surface area contributed by atoms with Crippen LogP contribution in [-0.2, 0) is 0 Å². The van der Waals surface area contributed by atoms with Gasteiger partial charge in [0.15, 0.2) is 5.82 Å². The van der Waals surface area contributed by atoms with Crippen LogP contribution in [0.2, 0.25) is 5.02 Å². The van der Waals surface area contributed by atoms with Crippen molar-refractivity contribution in [2.75, 3.05) is 36.4 Å². The van der Waals surface area contributed by atoms with Gasteiger partial charge in [-0.1, -0.05) is 73.6 Å². The Morgan fingerprint density at radius 3 is 2.38 bits per heavy atom. The smallest absolute Gasteiger partial charge is 0.216 e. The van der Waals surface area contributed by atoms with Crippen LogP contribution in [0, 0.1) is 0 Å². The minimum absolute atomic E-state index is 0.482. The summed E-state index contributed by atoms with van der Waals surface area (Å²) in [4.78, 5) is 11.2. The van der Waals surface area contributed by atoms with Crippen molar-refractivity contribution in [1.29, 1.82) is 0 Å². The summed E-state index contributed by atoms with van der Waals surface area (Å²) in [5, 5.41) is 10.8. The van der Waals surface area contributed by atoms with Crippen LogP contribution in [0.25, 0.3) is 16.2 Å². The van der Waals surface area contributed by atoms with Gasteiger partial charge in [0.1, 0.15) is 5.69 Å². The van der Waals surface area contributed by atoms with Crippen LogP contribution in [0.5, 0.6) is 0 Å². The fourth-order valence-electron chi connectivity index (χ4n) is 6.00. The molecule has 0 amide bonds. The van der Waals surface area contributed by atoms with Gasteiger partial charge in [-0.25, -0.2) is 4.98 Å². The largest absolute Gasteiger partial charge is 0.365 e. The van der Waals surface area contributed by atoms with Crippen LogP contribution in [-0.4, -0.2) is 57.8 Å². The van der Waals surface area contributed by atoms with E-state index in [1.165, 1.54) is 64.2 Å². The number of hydrogen-bond donors (Lipinski definition) is 1. The molecule has 34 heavy (non-hydrogen) atoms. The molecule has 3 heterocycles. The van der Waals surface area contributed by atoms with E-state index in [1.807, 2.05) is 18.2 Å². The van der Waals surface area contributed by atoms with Crippen molar-refractivity contribution < 1.29 is 0 Å². The van der Waals surface area contributed by atoms with Gasteiger partial charge in [0.2, 0.25) is 10.1 Å². The number of benzene rings is 1. The summed E-state index contributed by atoms with van der Waals surface area (Å²) >= 11 is 8.04. The quantitative estimate of drug-likeness (QED) is 0.446. The van der Waals surface area contributed by atoms with Crippen molar-refractivity contribution >= 4 is 38.8 Å². The molecule has 0 spiro atoms. The molecule has 1 aliphatic heterocycles. The predicted octanol–water partition coefficient (Wildman–Crippen LogP) is 6.31. The number of nitrogens with zero attached hydrogens (tertiary/aromatic N) is 5. The lowest BCUT2D eigenvalue weighted by atomic mass is 9.94. The van der Waals surface area contributed by atoms with E-state index in [0.717, 1.165) is 64.4 Å². The Kier molecular flexibility index (Phi) is 6.68. The zero-order valence-corrected chi connectivity index (χ0v) is 21.5. The number of aromatic nitrogens is 3. The first-order chi connectivity index (χ1) is 16.7. The van der Waals surface area contributed by atoms with Crippen molar-refractivity contribution in [1.82, 2.24) is 19.5 Å². The van der Waals surface area contributed by atoms with E-state index in [-0.39, 0.29) is 0 Å². The highest BCUT2D eigenvalue weighted by Crippen LogP contribution is 2.36. The molecule has 0 atom stereocenters. The molecule has 3 fully saturated rings. The highest BCUT2D eigenvalue weighted by atomic mass is 35.5. The molecular weight excluding hydrogens is 464 g/mol. The molecule has 0 unspecified atom stereocenters. The molecule has 1 saturated heterocycles. The van der Waals surface area contributed by atoms with Crippen LogP contribution in [0.4, 0.5) is 10.9 Å². The third-order valence-corrected chi connectivity index (χ3v) is 9.12. The standard InChI is InChI=1S/C26H35ClN6S/c27-20-9-7-8-19(18-20)23-24(28-21-10-3-1-4-11-21)33-25(29-23)34-26(30-33)32-16-14-31(15-17-32)22-12-5-2-6-13-22/h7-9,18,21-22,28H,1-6,10-17H2. The van der Waals surface area contributed by atoms with E-state index in [2.05, 4.69) is 25.7 Å². The molecule has 0 bridgehead atoms. The number of nitrogens with one attached hydrogen (secondary N) is 1. The van der Waals surface area contributed by atoms with Crippen molar-refractivity contribution in [3.63, 3.8) is 0 Å². The van der Waals surface area contributed by atoms with Crippen molar-refractivity contribution in [2.24, 2.45) is 0 Å². The Hall–Kier alpha value is -1.83. The van der Waals surface area contributed by atoms with E-state index in [0.29, 0.717) is 6.04 Å². The van der Waals surface area contributed by atoms with Gasteiger partial charge < -0.3 is 10.2 Å². The molecule has 3 aliphatic rings. The van der Waals surface area contributed by atoms with Crippen molar-refractivity contribution in [2.45, 2.75) is 76.3 Å². The first kappa shape index (κ1) is 22.6. The van der Waals surface area contributed by atoms with Gasteiger partial charge in [-0.3, -0.25) is 4.90 Å². The second-order valence-electron chi connectivity index (χ2n) is 10.2. The minimum Gasteiger partial charge on any atom is -0.365 e. The highest BCUT2D eigenvalue weighted by Gasteiger charge is 2.28. The molecule has 8 heteroatoms. The van der Waals surface area contributed by atoms with Crippen LogP contribution in [0.1, 0.15) is 64.2 Å². The lowest BCUT2D eigenvalue weighted by molar-refractivity contribution is 0.148. The lowest BCUT2D eigenvalue weighted by Crippen LogP contribution is -2.50. The number of imidazole rings is 1. The second kappa shape index (κ2) is 10.0. The summed E-state index contributed by atoms with van der Waals surface area (Å²) in [5.74, 6) is 1.02. The fourth-order valence-corrected chi connectivity index (χ4v) is 7.14. The SMILES string of the molecule is Clc1cccc(-c2nc3sc(N4CCN(C5CCCCC5)CC4)nn3c2NC2CCCCC2)c1. The third kappa shape index (κ3) is 4.67. The Balaban J connectivity index is 1.25. The first-order valence-electron chi connectivity index (χ1n) is 13.2. The third-order valence-electron chi connectivity index (χ3n) is 7.91. The number of hydrogen-bond acceptors (Lipinski definition) is 6. The predicted molar refractivity (Wildman–Crippen MR) is 142 cm³/mol. The van der Waals surface area contributed by atoms with E-state index in [1.54, 1.807) is 11.3 Å². The lowest BCUT2D eigenvalue weighted by Gasteiger charge is -2.40. The maximum absolute atomic E-state index is 6.33. The summed E-state index contributed by atoms with van der Waals surface area (Å²) in [6, 6.07) is 9.30. The average Bonchev–Trinajstić information content (AvgIpc) is 3.45. The summed E-state index contributed by atoms with van der Waals surface area (Å²) in [5.41, 5.74) is 2.01. The number of rotatable bonds is 5. The van der Waals surface area contributed by atoms with Crippen LogP contribution >= 0.6 is 22.9 Å². The molecule has 6 rings (SSSR count). The molecule has 0 radical (unpaired) electrons. The maximum atomic E-state index is 6.33. The maximum Gasteiger partial charge on any atom is 0.216 e. The number of anilines is 2. The summed E-state index contributed by atoms with van der Waals surface area (Å²) < 4.78 is 2.05. The monoisotopic (exact) mass is 498 g/mol. The molecule has 2 aliphatic carbocycles. The number of fused-ring (bicyclic) bond motifs is 1. The van der Waals surface area contributed by atoms with E-state index >= 15 is 0 Å². The summed E-state index contributed by atoms with van der Waals surface area (Å²) in [7, 11) is 0. The normalized spacial score (nSPS) is 21.4. The zero-order valence-electron chi connectivity index (χ0n) is 19.9. The number of piperazine rings is 1. The molecule has 3 aromatic rings. The molecule has 2 saturated carbocycles. The molecule has 2 aromatic heterocycles. The molecular formula is C26H35ClN6S. The molecule has 1 N–H and O–H groups in total. The Bertz CT molecular complexity index is 1110. The molecule has 1 aromatic carbocycles. The Morgan fingerprint density at radius 2 is 1.65 bits per heavy atom. The van der Waals surface area contributed by atoms with Crippen LogP contribution in [0.3, 0.4) is 0 Å². The Labute approximate surface area is 211 Å². The molecule has 6 nitrogen and oxygen atoms in total. The van der Waals surface area contributed by atoms with Gasteiger partial charge in [0.05, 0.1) is 0 Å². The van der Waals surface area contributed by atoms with Crippen molar-refractivity contribution in [3.8, 4) is 11.3 Å². The van der Waals surface area contributed by atoms with Gasteiger partial charge >= 0.3 is 0 Å². The van der Waals surface area contributed by atoms with Gasteiger partial charge in [-0.2, -0.15) is 4.52 Å². The van der Waals surface area contributed by atoms with E-state index in [4.69, 9.17) is 21.7 Å². The van der Waals surface area contributed by atoms with E-state index in [9.17, 15) is 0 Å². The zero-order chi connectivity index (χ0) is 22.9. The first-order valence-corrected chi connectivity index (χ1v) is 14.3. The molecule has 182 valence electrons. The number of halogens is 1. The van der Waals surface area contributed by atoms with Crippen molar-refractivity contribution in [3.05, 3.63) is 29.3 Å². The van der Waals surface area contributed by atoms with Gasteiger partial charge in [0, 0.05) is 48.8 Å². The second-order valence-corrected chi connectivity index (χ2v) is 11.6. The van der Waals surface area contributed by atoms with Gasteiger partial charge in [0.25, 0.3) is 0 Å². The minimum atomic E-state index is 0.482. The Morgan fingerprint density at radius 1 is 0.912 bits per heavy atom. The van der Waals surface area contributed by atoms with Gasteiger partial charge in [-0.05, 0) is 37.8 Å².